The quantitative estimate of drug-likeness (QED) is 0.851. The van der Waals surface area contributed by atoms with Crippen LogP contribution in [0.15, 0.2) is 24.3 Å². The van der Waals surface area contributed by atoms with Crippen molar-refractivity contribution in [2.24, 2.45) is 0 Å². The molecule has 0 bridgehead atoms. The number of benzene rings is 1. The lowest BCUT2D eigenvalue weighted by Gasteiger charge is -2.31. The van der Waals surface area contributed by atoms with Crippen molar-refractivity contribution in [1.29, 1.82) is 0 Å². The smallest absolute Gasteiger partial charge is 0.224 e. The molecule has 2 amide bonds. The third-order valence-electron chi connectivity index (χ3n) is 5.23. The molecule has 1 saturated heterocycles. The van der Waals surface area contributed by atoms with E-state index in [1.54, 1.807) is 0 Å². The van der Waals surface area contributed by atoms with Gasteiger partial charge in [0.05, 0.1) is 0 Å². The maximum absolute atomic E-state index is 12.9. The summed E-state index contributed by atoms with van der Waals surface area (Å²) in [6.45, 7) is 5.00. The normalized spacial score (nSPS) is 21.0. The summed E-state index contributed by atoms with van der Waals surface area (Å²) >= 11 is 0. The number of para-hydroxylation sites is 1. The van der Waals surface area contributed by atoms with Crippen molar-refractivity contribution in [2.45, 2.75) is 45.2 Å². The van der Waals surface area contributed by atoms with Gasteiger partial charge in [0.15, 0.2) is 0 Å². The number of likely N-dealkylation sites (N-methyl/N-ethyl adjacent to an activating group) is 1. The van der Waals surface area contributed by atoms with Crippen LogP contribution in [0.2, 0.25) is 0 Å². The largest absolute Gasteiger partial charge is 0.372 e. The van der Waals surface area contributed by atoms with Gasteiger partial charge in [-0.15, -0.1) is 0 Å². The summed E-state index contributed by atoms with van der Waals surface area (Å²) in [5.41, 5.74) is 2.41. The minimum Gasteiger partial charge on any atom is -0.372 e. The van der Waals surface area contributed by atoms with Gasteiger partial charge in [-0.05, 0) is 24.5 Å². The molecule has 2 heterocycles. The number of nitrogens with zero attached hydrogens (tertiary/aromatic N) is 3. The molecule has 5 heteroatoms. The Bertz CT molecular complexity index is 616. The van der Waals surface area contributed by atoms with Crippen LogP contribution < -0.4 is 4.90 Å². The fourth-order valence-corrected chi connectivity index (χ4v) is 3.80. The number of carbonyl (C=O) groups excluding carboxylic acids is 2. The second-order valence-electron chi connectivity index (χ2n) is 6.83. The molecule has 0 N–H and O–H groups in total. The molecule has 24 heavy (non-hydrogen) atoms. The van der Waals surface area contributed by atoms with Gasteiger partial charge < -0.3 is 14.7 Å². The van der Waals surface area contributed by atoms with Gasteiger partial charge in [0.1, 0.15) is 0 Å². The van der Waals surface area contributed by atoms with Crippen LogP contribution in [0.4, 0.5) is 5.69 Å². The van der Waals surface area contributed by atoms with Crippen molar-refractivity contribution >= 4 is 17.5 Å². The second-order valence-corrected chi connectivity index (χ2v) is 6.83. The molecule has 0 saturated carbocycles. The molecular weight excluding hydrogens is 302 g/mol. The van der Waals surface area contributed by atoms with E-state index in [0.717, 1.165) is 25.9 Å². The van der Waals surface area contributed by atoms with E-state index in [9.17, 15) is 9.59 Å². The van der Waals surface area contributed by atoms with Gasteiger partial charge in [-0.3, -0.25) is 9.59 Å². The van der Waals surface area contributed by atoms with E-state index in [1.165, 1.54) is 11.3 Å². The van der Waals surface area contributed by atoms with E-state index in [1.807, 2.05) is 21.9 Å². The van der Waals surface area contributed by atoms with Crippen LogP contribution in [0.25, 0.3) is 0 Å². The van der Waals surface area contributed by atoms with Gasteiger partial charge in [-0.25, -0.2) is 0 Å². The molecule has 0 aliphatic carbocycles. The third kappa shape index (κ3) is 3.40. The standard InChI is InChI=1S/C19H27N3O2/c1-3-16-14-20(2)17-8-5-4-7-15(17)13-22(16)19(24)10-12-21-11-6-9-18(21)23/h4-5,7-8,16H,3,6,9-14H2,1-2H3/t16-/m0/s1. The highest BCUT2D eigenvalue weighted by Gasteiger charge is 2.29. The molecule has 2 aliphatic rings. The molecule has 2 aliphatic heterocycles. The number of rotatable bonds is 4. The Morgan fingerprint density at radius 1 is 1.29 bits per heavy atom. The molecule has 0 radical (unpaired) electrons. The molecule has 5 nitrogen and oxygen atoms in total. The number of fused-ring (bicyclic) bond motifs is 1. The highest BCUT2D eigenvalue weighted by atomic mass is 16.2. The highest BCUT2D eigenvalue weighted by molar-refractivity contribution is 5.80. The summed E-state index contributed by atoms with van der Waals surface area (Å²) in [6.07, 6.45) is 2.92. The molecule has 0 unspecified atom stereocenters. The monoisotopic (exact) mass is 329 g/mol. The first-order chi connectivity index (χ1) is 11.6. The third-order valence-corrected chi connectivity index (χ3v) is 5.23. The minimum atomic E-state index is 0.159. The molecule has 1 fully saturated rings. The SMILES string of the molecule is CC[C@H]1CN(C)c2ccccc2CN1C(=O)CCN1CCCC1=O. The summed E-state index contributed by atoms with van der Waals surface area (Å²) in [5.74, 6) is 0.349. The lowest BCUT2D eigenvalue weighted by atomic mass is 10.1. The molecule has 3 rings (SSSR count). The van der Waals surface area contributed by atoms with E-state index in [4.69, 9.17) is 0 Å². The van der Waals surface area contributed by atoms with Crippen LogP contribution in [0.3, 0.4) is 0 Å². The van der Waals surface area contributed by atoms with Crippen molar-refractivity contribution in [3.05, 3.63) is 29.8 Å². The van der Waals surface area contributed by atoms with Gasteiger partial charge in [-0.2, -0.15) is 0 Å². The van der Waals surface area contributed by atoms with Gasteiger partial charge in [0.2, 0.25) is 11.8 Å². The molecule has 130 valence electrons. The Balaban J connectivity index is 1.72. The van der Waals surface area contributed by atoms with Crippen LogP contribution in [-0.4, -0.2) is 54.3 Å². The predicted octanol–water partition coefficient (Wildman–Crippen LogP) is 2.26. The van der Waals surface area contributed by atoms with Crippen molar-refractivity contribution in [1.82, 2.24) is 9.80 Å². The molecule has 1 aromatic rings. The summed E-state index contributed by atoms with van der Waals surface area (Å²) < 4.78 is 0. The summed E-state index contributed by atoms with van der Waals surface area (Å²) in [7, 11) is 2.10. The molecular formula is C19H27N3O2. The number of amides is 2. The van der Waals surface area contributed by atoms with E-state index >= 15 is 0 Å². The first kappa shape index (κ1) is 16.8. The van der Waals surface area contributed by atoms with Crippen molar-refractivity contribution in [2.75, 3.05) is 31.6 Å². The van der Waals surface area contributed by atoms with Crippen LogP contribution in [-0.2, 0) is 16.1 Å². The number of hydrogen-bond donors (Lipinski definition) is 0. The number of hydrogen-bond acceptors (Lipinski definition) is 3. The average molecular weight is 329 g/mol. The summed E-state index contributed by atoms with van der Waals surface area (Å²) in [5, 5.41) is 0. The maximum atomic E-state index is 12.9. The number of likely N-dealkylation sites (tertiary alicyclic amines) is 1. The fraction of sp³-hybridized carbons (Fsp3) is 0.579. The zero-order valence-electron chi connectivity index (χ0n) is 14.7. The number of anilines is 1. The summed E-state index contributed by atoms with van der Waals surface area (Å²) in [4.78, 5) is 30.7. The van der Waals surface area contributed by atoms with Gasteiger partial charge in [0, 0.05) is 57.8 Å². The summed E-state index contributed by atoms with van der Waals surface area (Å²) in [6, 6.07) is 8.52. The van der Waals surface area contributed by atoms with Crippen molar-refractivity contribution in [3.63, 3.8) is 0 Å². The fourth-order valence-electron chi connectivity index (χ4n) is 3.80. The lowest BCUT2D eigenvalue weighted by molar-refractivity contribution is -0.135. The zero-order chi connectivity index (χ0) is 17.1. The highest BCUT2D eigenvalue weighted by Crippen LogP contribution is 2.27. The van der Waals surface area contributed by atoms with E-state index in [0.29, 0.717) is 25.9 Å². The second kappa shape index (κ2) is 7.24. The first-order valence-corrected chi connectivity index (χ1v) is 8.96. The average Bonchev–Trinajstić information content (AvgIpc) is 2.94. The van der Waals surface area contributed by atoms with Crippen molar-refractivity contribution in [3.8, 4) is 0 Å². The van der Waals surface area contributed by atoms with E-state index in [2.05, 4.69) is 31.0 Å². The Morgan fingerprint density at radius 2 is 2.08 bits per heavy atom. The van der Waals surface area contributed by atoms with E-state index < -0.39 is 0 Å². The Kier molecular flexibility index (Phi) is 5.07. The molecule has 1 atom stereocenters. The van der Waals surface area contributed by atoms with E-state index in [-0.39, 0.29) is 17.9 Å². The Hall–Kier alpha value is -2.04. The molecule has 1 aromatic carbocycles. The van der Waals surface area contributed by atoms with Crippen molar-refractivity contribution < 1.29 is 9.59 Å². The van der Waals surface area contributed by atoms with Crippen LogP contribution in [0, 0.1) is 0 Å². The lowest BCUT2D eigenvalue weighted by Crippen LogP contribution is -2.44. The van der Waals surface area contributed by atoms with Crippen LogP contribution in [0.1, 0.15) is 38.2 Å². The predicted molar refractivity (Wildman–Crippen MR) is 94.8 cm³/mol. The molecule has 0 aromatic heterocycles. The van der Waals surface area contributed by atoms with Crippen LogP contribution in [0.5, 0.6) is 0 Å². The Labute approximate surface area is 144 Å². The van der Waals surface area contributed by atoms with Gasteiger partial charge in [0.25, 0.3) is 0 Å². The Morgan fingerprint density at radius 3 is 2.79 bits per heavy atom. The van der Waals surface area contributed by atoms with Gasteiger partial charge >= 0.3 is 0 Å². The zero-order valence-corrected chi connectivity index (χ0v) is 14.7. The molecule has 0 spiro atoms. The van der Waals surface area contributed by atoms with Gasteiger partial charge in [-0.1, -0.05) is 25.1 Å². The minimum absolute atomic E-state index is 0.159. The number of carbonyl (C=O) groups is 2. The van der Waals surface area contributed by atoms with Crippen LogP contribution >= 0.6 is 0 Å². The maximum Gasteiger partial charge on any atom is 0.224 e. The first-order valence-electron chi connectivity index (χ1n) is 8.96. The topological polar surface area (TPSA) is 43.9 Å².